The molecule has 0 bridgehead atoms. The summed E-state index contributed by atoms with van der Waals surface area (Å²) in [4.78, 5) is 5.45. The van der Waals surface area contributed by atoms with E-state index in [0.717, 1.165) is 12.5 Å². The molecule has 0 aliphatic heterocycles. The summed E-state index contributed by atoms with van der Waals surface area (Å²) in [6.45, 7) is 8.15. The van der Waals surface area contributed by atoms with Crippen molar-refractivity contribution < 1.29 is 0 Å². The average Bonchev–Trinajstić information content (AvgIpc) is 2.68. The first-order valence-corrected chi connectivity index (χ1v) is 7.05. The average molecular weight is 238 g/mol. The lowest BCUT2D eigenvalue weighted by Crippen LogP contribution is -2.41. The summed E-state index contributed by atoms with van der Waals surface area (Å²) in [5, 5.41) is 3.68. The molecule has 0 aromatic carbocycles. The molecule has 2 nitrogen and oxygen atoms in total. The second-order valence-corrected chi connectivity index (χ2v) is 6.81. The standard InChI is InChI=1S/C13H22N2S/c1-10-6-13(2,3)5-4-12(10)15-8-11-7-14-9-16-11/h7,9-10,12,15H,4-6,8H2,1-3H3. The summed E-state index contributed by atoms with van der Waals surface area (Å²) in [6.07, 6.45) is 5.97. The maximum Gasteiger partial charge on any atom is 0.0794 e. The molecule has 0 saturated heterocycles. The Kier molecular flexibility index (Phi) is 3.65. The number of nitrogens with zero attached hydrogens (tertiary/aromatic N) is 1. The van der Waals surface area contributed by atoms with Gasteiger partial charge in [0.25, 0.3) is 0 Å². The van der Waals surface area contributed by atoms with Crippen molar-refractivity contribution in [2.75, 3.05) is 0 Å². The third-order valence-corrected chi connectivity index (χ3v) is 4.50. The van der Waals surface area contributed by atoms with Gasteiger partial charge in [0.1, 0.15) is 0 Å². The van der Waals surface area contributed by atoms with Crippen LogP contribution in [0.5, 0.6) is 0 Å². The van der Waals surface area contributed by atoms with Crippen LogP contribution in [0.4, 0.5) is 0 Å². The van der Waals surface area contributed by atoms with Gasteiger partial charge in [0.2, 0.25) is 0 Å². The molecule has 1 aliphatic carbocycles. The molecule has 3 heteroatoms. The van der Waals surface area contributed by atoms with E-state index in [4.69, 9.17) is 0 Å². The Morgan fingerprint density at radius 2 is 2.38 bits per heavy atom. The highest BCUT2D eigenvalue weighted by atomic mass is 32.1. The second-order valence-electron chi connectivity index (χ2n) is 5.84. The Morgan fingerprint density at radius 1 is 1.56 bits per heavy atom. The molecule has 1 N–H and O–H groups in total. The van der Waals surface area contributed by atoms with Gasteiger partial charge in [-0.3, -0.25) is 4.98 Å². The predicted molar refractivity (Wildman–Crippen MR) is 69.5 cm³/mol. The van der Waals surface area contributed by atoms with Gasteiger partial charge in [-0.1, -0.05) is 20.8 Å². The van der Waals surface area contributed by atoms with Crippen LogP contribution < -0.4 is 5.32 Å². The largest absolute Gasteiger partial charge is 0.309 e. The minimum atomic E-state index is 0.544. The van der Waals surface area contributed by atoms with Crippen LogP contribution in [0.25, 0.3) is 0 Å². The number of thiazole rings is 1. The highest BCUT2D eigenvalue weighted by molar-refractivity contribution is 7.09. The van der Waals surface area contributed by atoms with E-state index in [1.807, 2.05) is 11.7 Å². The normalized spacial score (nSPS) is 29.2. The molecule has 1 saturated carbocycles. The van der Waals surface area contributed by atoms with Crippen molar-refractivity contribution in [3.8, 4) is 0 Å². The van der Waals surface area contributed by atoms with Gasteiger partial charge in [0.05, 0.1) is 5.51 Å². The summed E-state index contributed by atoms with van der Waals surface area (Å²) in [5.41, 5.74) is 2.45. The Hall–Kier alpha value is -0.410. The van der Waals surface area contributed by atoms with Crippen LogP contribution in [0.1, 0.15) is 44.9 Å². The molecule has 16 heavy (non-hydrogen) atoms. The summed E-state index contributed by atoms with van der Waals surface area (Å²) >= 11 is 1.74. The molecule has 1 aliphatic rings. The van der Waals surface area contributed by atoms with E-state index in [2.05, 4.69) is 31.1 Å². The van der Waals surface area contributed by atoms with Crippen LogP contribution in [-0.2, 0) is 6.54 Å². The van der Waals surface area contributed by atoms with E-state index in [1.165, 1.54) is 24.1 Å². The van der Waals surface area contributed by atoms with E-state index in [-0.39, 0.29) is 0 Å². The molecule has 1 fully saturated rings. The number of nitrogens with one attached hydrogen (secondary N) is 1. The van der Waals surface area contributed by atoms with E-state index >= 15 is 0 Å². The number of hydrogen-bond donors (Lipinski definition) is 1. The molecule has 2 rings (SSSR count). The lowest BCUT2D eigenvalue weighted by Gasteiger charge is -2.39. The molecule has 90 valence electrons. The van der Waals surface area contributed by atoms with Crippen molar-refractivity contribution in [3.05, 3.63) is 16.6 Å². The van der Waals surface area contributed by atoms with Crippen LogP contribution in [0.15, 0.2) is 11.7 Å². The molecule has 1 aromatic rings. The topological polar surface area (TPSA) is 24.9 Å². The maximum atomic E-state index is 4.11. The summed E-state index contributed by atoms with van der Waals surface area (Å²) in [5.74, 6) is 0.789. The highest BCUT2D eigenvalue weighted by Crippen LogP contribution is 2.38. The zero-order valence-corrected chi connectivity index (χ0v) is 11.3. The third kappa shape index (κ3) is 3.05. The fraction of sp³-hybridized carbons (Fsp3) is 0.769. The molecule has 0 spiro atoms. The molecule has 2 unspecified atom stereocenters. The van der Waals surface area contributed by atoms with Crippen LogP contribution in [0.3, 0.4) is 0 Å². The maximum absolute atomic E-state index is 4.11. The van der Waals surface area contributed by atoms with Crippen LogP contribution >= 0.6 is 11.3 Å². The van der Waals surface area contributed by atoms with Gasteiger partial charge in [0.15, 0.2) is 0 Å². The van der Waals surface area contributed by atoms with E-state index in [0.29, 0.717) is 11.5 Å². The van der Waals surface area contributed by atoms with Crippen molar-refractivity contribution in [2.45, 2.75) is 52.6 Å². The lowest BCUT2D eigenvalue weighted by atomic mass is 9.70. The summed E-state index contributed by atoms with van der Waals surface area (Å²) in [7, 11) is 0. The predicted octanol–water partition coefficient (Wildman–Crippen LogP) is 3.45. The zero-order valence-electron chi connectivity index (χ0n) is 10.5. The number of aromatic nitrogens is 1. The smallest absolute Gasteiger partial charge is 0.0794 e. The van der Waals surface area contributed by atoms with Crippen molar-refractivity contribution >= 4 is 11.3 Å². The molecular weight excluding hydrogens is 216 g/mol. The number of rotatable bonds is 3. The third-order valence-electron chi connectivity index (χ3n) is 3.72. The van der Waals surface area contributed by atoms with Crippen molar-refractivity contribution in [1.82, 2.24) is 10.3 Å². The van der Waals surface area contributed by atoms with Gasteiger partial charge in [0, 0.05) is 23.7 Å². The van der Waals surface area contributed by atoms with Crippen LogP contribution in [0, 0.1) is 11.3 Å². The van der Waals surface area contributed by atoms with Gasteiger partial charge in [-0.15, -0.1) is 11.3 Å². The Morgan fingerprint density at radius 3 is 3.00 bits per heavy atom. The van der Waals surface area contributed by atoms with Gasteiger partial charge in [-0.05, 0) is 30.6 Å². The molecule has 2 atom stereocenters. The minimum Gasteiger partial charge on any atom is -0.309 e. The molecule has 1 heterocycles. The first-order valence-electron chi connectivity index (χ1n) is 6.17. The SMILES string of the molecule is CC1CC(C)(C)CCC1NCc1cncs1. The zero-order chi connectivity index (χ0) is 11.6. The monoisotopic (exact) mass is 238 g/mol. The highest BCUT2D eigenvalue weighted by Gasteiger charge is 2.31. The summed E-state index contributed by atoms with van der Waals surface area (Å²) < 4.78 is 0. The van der Waals surface area contributed by atoms with E-state index in [1.54, 1.807) is 11.3 Å². The Bertz CT molecular complexity index is 319. The van der Waals surface area contributed by atoms with Crippen molar-refractivity contribution in [2.24, 2.45) is 11.3 Å². The summed E-state index contributed by atoms with van der Waals surface area (Å²) in [6, 6.07) is 0.690. The van der Waals surface area contributed by atoms with Crippen molar-refractivity contribution in [3.63, 3.8) is 0 Å². The first-order chi connectivity index (χ1) is 7.57. The van der Waals surface area contributed by atoms with Gasteiger partial charge < -0.3 is 5.32 Å². The first kappa shape index (κ1) is 12.1. The van der Waals surface area contributed by atoms with Gasteiger partial charge in [-0.2, -0.15) is 0 Å². The van der Waals surface area contributed by atoms with E-state index < -0.39 is 0 Å². The number of hydrogen-bond acceptors (Lipinski definition) is 3. The fourth-order valence-electron chi connectivity index (χ4n) is 2.81. The quantitative estimate of drug-likeness (QED) is 0.872. The van der Waals surface area contributed by atoms with E-state index in [9.17, 15) is 0 Å². The fourth-order valence-corrected chi connectivity index (χ4v) is 3.36. The Labute approximate surface area is 102 Å². The van der Waals surface area contributed by atoms with Gasteiger partial charge >= 0.3 is 0 Å². The van der Waals surface area contributed by atoms with Crippen molar-refractivity contribution in [1.29, 1.82) is 0 Å². The van der Waals surface area contributed by atoms with Crippen LogP contribution in [-0.4, -0.2) is 11.0 Å². The molecule has 0 radical (unpaired) electrons. The second kappa shape index (κ2) is 4.84. The van der Waals surface area contributed by atoms with Crippen LogP contribution in [0.2, 0.25) is 0 Å². The van der Waals surface area contributed by atoms with Gasteiger partial charge in [-0.25, -0.2) is 0 Å². The molecular formula is C13H22N2S. The lowest BCUT2D eigenvalue weighted by molar-refractivity contribution is 0.148. The molecule has 1 aromatic heterocycles. The Balaban J connectivity index is 1.83. The minimum absolute atomic E-state index is 0.544. The molecule has 0 amide bonds.